The van der Waals surface area contributed by atoms with Crippen molar-refractivity contribution >= 4 is 39.5 Å². The summed E-state index contributed by atoms with van der Waals surface area (Å²) in [5.74, 6) is -0.332. The topological polar surface area (TPSA) is 103 Å². The van der Waals surface area contributed by atoms with E-state index in [0.717, 1.165) is 4.90 Å². The number of nitrogens with zero attached hydrogens (tertiary/aromatic N) is 3. The molecule has 2 aromatic carbocycles. The third-order valence-corrected chi connectivity index (χ3v) is 5.88. The molecule has 166 valence electrons. The van der Waals surface area contributed by atoms with Gasteiger partial charge in [-0.3, -0.25) is 14.5 Å². The fourth-order valence-corrected chi connectivity index (χ4v) is 4.24. The predicted octanol–water partition coefficient (Wildman–Crippen LogP) is 3.56. The van der Waals surface area contributed by atoms with Crippen LogP contribution in [-0.4, -0.2) is 42.4 Å². The van der Waals surface area contributed by atoms with Gasteiger partial charge in [0, 0.05) is 22.3 Å². The van der Waals surface area contributed by atoms with Gasteiger partial charge < -0.3 is 15.0 Å². The van der Waals surface area contributed by atoms with Crippen molar-refractivity contribution in [2.45, 2.75) is 25.8 Å². The Bertz CT molecular complexity index is 1070. The molecule has 2 aromatic rings. The Labute approximate surface area is 194 Å². The van der Waals surface area contributed by atoms with E-state index in [0.29, 0.717) is 28.1 Å². The molecule has 0 spiro atoms. The monoisotopic (exact) mass is 498 g/mol. The zero-order chi connectivity index (χ0) is 23.3. The Kier molecular flexibility index (Phi) is 7.15. The lowest BCUT2D eigenvalue weighted by Crippen LogP contribution is -2.45. The van der Waals surface area contributed by atoms with Crippen molar-refractivity contribution in [1.29, 1.82) is 5.26 Å². The maximum absolute atomic E-state index is 13.2. The van der Waals surface area contributed by atoms with E-state index >= 15 is 0 Å². The van der Waals surface area contributed by atoms with Gasteiger partial charge in [0.05, 0.1) is 19.1 Å². The molecule has 3 rings (SSSR count). The van der Waals surface area contributed by atoms with Crippen LogP contribution in [0.15, 0.2) is 53.0 Å². The number of nitriles is 1. The first kappa shape index (κ1) is 23.3. The lowest BCUT2D eigenvalue weighted by atomic mass is 9.92. The number of ether oxygens (including phenoxy) is 1. The van der Waals surface area contributed by atoms with Crippen LogP contribution in [0, 0.1) is 11.3 Å². The number of nitrogens with one attached hydrogen (secondary N) is 1. The van der Waals surface area contributed by atoms with Crippen LogP contribution < -0.4 is 15.0 Å². The van der Waals surface area contributed by atoms with Crippen molar-refractivity contribution in [1.82, 2.24) is 10.2 Å². The third kappa shape index (κ3) is 4.60. The van der Waals surface area contributed by atoms with Crippen LogP contribution in [0.1, 0.15) is 25.8 Å². The summed E-state index contributed by atoms with van der Waals surface area (Å²) in [6.45, 7) is 3.69. The highest BCUT2D eigenvalue weighted by molar-refractivity contribution is 9.10. The minimum absolute atomic E-state index is 0.105. The van der Waals surface area contributed by atoms with Gasteiger partial charge in [0.2, 0.25) is 5.91 Å². The Morgan fingerprint density at radius 2 is 1.91 bits per heavy atom. The fourth-order valence-electron chi connectivity index (χ4n) is 3.56. The van der Waals surface area contributed by atoms with Gasteiger partial charge in [-0.15, -0.1) is 0 Å². The first-order valence-electron chi connectivity index (χ1n) is 10.1. The summed E-state index contributed by atoms with van der Waals surface area (Å²) < 4.78 is 6.10. The summed E-state index contributed by atoms with van der Waals surface area (Å²) in [6.07, 6.45) is 0.105. The van der Waals surface area contributed by atoms with Crippen molar-refractivity contribution in [2.75, 3.05) is 24.6 Å². The number of urea groups is 1. The first-order valence-corrected chi connectivity index (χ1v) is 10.9. The van der Waals surface area contributed by atoms with Gasteiger partial charge in [0.25, 0.3) is 5.91 Å². The molecule has 0 saturated carbocycles. The molecule has 1 aliphatic heterocycles. The quantitative estimate of drug-likeness (QED) is 0.560. The van der Waals surface area contributed by atoms with Gasteiger partial charge >= 0.3 is 6.03 Å². The molecule has 0 bridgehead atoms. The summed E-state index contributed by atoms with van der Waals surface area (Å²) in [7, 11) is 0. The molecule has 0 aromatic heterocycles. The van der Waals surface area contributed by atoms with E-state index in [1.54, 1.807) is 49.4 Å². The number of benzene rings is 2. The van der Waals surface area contributed by atoms with E-state index in [1.807, 2.05) is 19.1 Å². The van der Waals surface area contributed by atoms with Crippen molar-refractivity contribution < 1.29 is 19.1 Å². The van der Waals surface area contributed by atoms with Gasteiger partial charge in [-0.25, -0.2) is 4.79 Å². The Balaban J connectivity index is 1.82. The molecule has 1 heterocycles. The fraction of sp³-hybridized carbons (Fsp3) is 0.304. The molecule has 1 fully saturated rings. The average molecular weight is 499 g/mol. The Morgan fingerprint density at radius 1 is 1.22 bits per heavy atom. The zero-order valence-corrected chi connectivity index (χ0v) is 19.4. The smallest absolute Gasteiger partial charge is 0.325 e. The number of imide groups is 1. The number of hydrogen-bond acceptors (Lipinski definition) is 5. The van der Waals surface area contributed by atoms with Crippen LogP contribution in [0.3, 0.4) is 0 Å². The number of carbonyl (C=O) groups is 3. The van der Waals surface area contributed by atoms with E-state index in [1.165, 1.54) is 4.90 Å². The summed E-state index contributed by atoms with van der Waals surface area (Å²) in [4.78, 5) is 41.3. The number of hydrogen-bond donors (Lipinski definition) is 1. The Hall–Kier alpha value is -3.38. The van der Waals surface area contributed by atoms with Crippen LogP contribution in [-0.2, 0) is 15.1 Å². The Morgan fingerprint density at radius 3 is 2.53 bits per heavy atom. The molecule has 1 aliphatic rings. The average Bonchev–Trinajstić information content (AvgIpc) is 2.99. The van der Waals surface area contributed by atoms with Crippen molar-refractivity contribution in [3.05, 3.63) is 58.6 Å². The van der Waals surface area contributed by atoms with Gasteiger partial charge in [-0.2, -0.15) is 5.26 Å². The van der Waals surface area contributed by atoms with Gasteiger partial charge in [0.15, 0.2) is 0 Å². The van der Waals surface area contributed by atoms with E-state index in [4.69, 9.17) is 10.00 Å². The van der Waals surface area contributed by atoms with Crippen LogP contribution >= 0.6 is 15.9 Å². The lowest BCUT2D eigenvalue weighted by Gasteiger charge is -2.25. The van der Waals surface area contributed by atoms with Crippen LogP contribution in [0.5, 0.6) is 5.75 Å². The second-order valence-electron chi connectivity index (χ2n) is 7.31. The number of amides is 4. The van der Waals surface area contributed by atoms with Crippen LogP contribution in [0.4, 0.5) is 10.5 Å². The minimum atomic E-state index is -1.30. The minimum Gasteiger partial charge on any atom is -0.494 e. The summed E-state index contributed by atoms with van der Waals surface area (Å²) >= 11 is 3.42. The van der Waals surface area contributed by atoms with E-state index < -0.39 is 29.9 Å². The number of rotatable bonds is 8. The van der Waals surface area contributed by atoms with E-state index in [2.05, 4.69) is 21.2 Å². The number of anilines is 1. The maximum atomic E-state index is 13.2. The maximum Gasteiger partial charge on any atom is 0.325 e. The van der Waals surface area contributed by atoms with E-state index in [-0.39, 0.29) is 13.0 Å². The van der Waals surface area contributed by atoms with Gasteiger partial charge in [0.1, 0.15) is 17.8 Å². The molecule has 1 unspecified atom stereocenters. The predicted molar refractivity (Wildman–Crippen MR) is 122 cm³/mol. The molecule has 0 aliphatic carbocycles. The van der Waals surface area contributed by atoms with E-state index in [9.17, 15) is 14.4 Å². The van der Waals surface area contributed by atoms with Gasteiger partial charge in [-0.1, -0.05) is 34.1 Å². The molecule has 0 radical (unpaired) electrons. The van der Waals surface area contributed by atoms with Crippen molar-refractivity contribution in [2.24, 2.45) is 0 Å². The molecular weight excluding hydrogens is 476 g/mol. The molecule has 1 atom stereocenters. The molecule has 1 saturated heterocycles. The van der Waals surface area contributed by atoms with Crippen LogP contribution in [0.2, 0.25) is 0 Å². The lowest BCUT2D eigenvalue weighted by molar-refractivity contribution is -0.134. The highest BCUT2D eigenvalue weighted by atomic mass is 79.9. The highest BCUT2D eigenvalue weighted by Crippen LogP contribution is 2.33. The molecule has 32 heavy (non-hydrogen) atoms. The molecular formula is C23H23BrN4O4. The van der Waals surface area contributed by atoms with Crippen molar-refractivity contribution in [3.63, 3.8) is 0 Å². The summed E-state index contributed by atoms with van der Waals surface area (Å²) in [5.41, 5.74) is -0.149. The highest BCUT2D eigenvalue weighted by Gasteiger charge is 2.50. The third-order valence-electron chi connectivity index (χ3n) is 5.19. The molecule has 4 amide bonds. The van der Waals surface area contributed by atoms with Gasteiger partial charge in [-0.05, 0) is 44.2 Å². The first-order chi connectivity index (χ1) is 15.3. The normalized spacial score (nSPS) is 17.6. The summed E-state index contributed by atoms with van der Waals surface area (Å²) in [5, 5.41) is 11.7. The standard InChI is InChI=1S/C23H23BrN4O4/c1-3-32-17-11-9-16(10-12-17)27(14-6-13-25)20(29)15-28-21(30)23(2,26-22(28)31)18-7-4-5-8-19(18)24/h4-5,7-12H,3,6,14-15H2,1-2H3,(H,26,31). The number of halogens is 1. The second-order valence-corrected chi connectivity index (χ2v) is 8.16. The number of carbonyl (C=O) groups excluding carboxylic acids is 3. The van der Waals surface area contributed by atoms with Crippen LogP contribution in [0.25, 0.3) is 0 Å². The largest absolute Gasteiger partial charge is 0.494 e. The summed E-state index contributed by atoms with van der Waals surface area (Å²) in [6, 6.07) is 15.3. The SMILES string of the molecule is CCOc1ccc(N(CCC#N)C(=O)CN2C(=O)NC(C)(c3ccccc3Br)C2=O)cc1. The molecule has 8 nitrogen and oxygen atoms in total. The molecule has 9 heteroatoms. The zero-order valence-electron chi connectivity index (χ0n) is 17.8. The molecule has 1 N–H and O–H groups in total. The van der Waals surface area contributed by atoms with Crippen molar-refractivity contribution in [3.8, 4) is 11.8 Å². The second kappa shape index (κ2) is 9.83.